The van der Waals surface area contributed by atoms with Gasteiger partial charge in [-0.15, -0.1) is 5.06 Å². The van der Waals surface area contributed by atoms with E-state index in [1.165, 1.54) is 0 Å². The van der Waals surface area contributed by atoms with E-state index < -0.39 is 17.8 Å². The summed E-state index contributed by atoms with van der Waals surface area (Å²) >= 11 is 0. The van der Waals surface area contributed by atoms with Gasteiger partial charge in [-0.05, 0) is 47.5 Å². The molecular weight excluding hydrogens is 372 g/mol. The predicted octanol–water partition coefficient (Wildman–Crippen LogP) is 3.80. The van der Waals surface area contributed by atoms with E-state index in [9.17, 15) is 14.4 Å². The zero-order chi connectivity index (χ0) is 18.5. The smallest absolute Gasteiger partial charge is 0.325 e. The van der Waals surface area contributed by atoms with Crippen LogP contribution in [0.2, 0.25) is 0 Å². The van der Waals surface area contributed by atoms with Gasteiger partial charge in [-0.2, -0.15) is 0 Å². The summed E-state index contributed by atoms with van der Waals surface area (Å²) in [4.78, 5) is 44.3. The molecule has 2 aromatic rings. The topological polar surface area (TPSA) is 76.6 Å². The molecule has 1 aromatic carbocycles. The second kappa shape index (κ2) is 8.37. The van der Waals surface area contributed by atoms with Crippen LogP contribution in [0.4, 0.5) is 0 Å². The Morgan fingerprint density at radius 2 is 1.81 bits per heavy atom. The molecule has 6 nitrogen and oxygen atoms in total. The highest BCUT2D eigenvalue weighted by molar-refractivity contribution is 8.76. The maximum Gasteiger partial charge on any atom is 0.363 e. The Kier molecular flexibility index (Phi) is 5.95. The van der Waals surface area contributed by atoms with Gasteiger partial charge in [0.2, 0.25) is 0 Å². The summed E-state index contributed by atoms with van der Waals surface area (Å²) in [5.74, 6) is -1.70. The number of rotatable bonds is 6. The van der Waals surface area contributed by atoms with Gasteiger partial charge in [0.05, 0.1) is 5.56 Å². The van der Waals surface area contributed by atoms with E-state index in [1.807, 2.05) is 30.3 Å². The van der Waals surface area contributed by atoms with E-state index in [-0.39, 0.29) is 23.7 Å². The van der Waals surface area contributed by atoms with Crippen molar-refractivity contribution in [2.75, 3.05) is 0 Å². The Balaban J connectivity index is 1.58. The van der Waals surface area contributed by atoms with Gasteiger partial charge in [0.25, 0.3) is 11.8 Å². The van der Waals surface area contributed by atoms with Gasteiger partial charge in [0, 0.05) is 24.3 Å². The lowest BCUT2D eigenvalue weighted by Gasteiger charge is -2.13. The lowest BCUT2D eigenvalue weighted by atomic mass is 10.1. The number of carbonyl (C=O) groups excluding carboxylic acids is 3. The summed E-state index contributed by atoms with van der Waals surface area (Å²) in [7, 11) is 3.25. The fourth-order valence-corrected chi connectivity index (χ4v) is 4.36. The van der Waals surface area contributed by atoms with E-state index in [0.717, 1.165) is 10.6 Å². The average molecular weight is 388 g/mol. The molecule has 0 unspecified atom stereocenters. The van der Waals surface area contributed by atoms with Gasteiger partial charge in [0.15, 0.2) is 0 Å². The lowest BCUT2D eigenvalue weighted by molar-refractivity contribution is -0.172. The van der Waals surface area contributed by atoms with Gasteiger partial charge in [-0.3, -0.25) is 9.59 Å². The molecule has 0 bridgehead atoms. The fourth-order valence-electron chi connectivity index (χ4n) is 2.26. The number of hydroxylamine groups is 2. The monoisotopic (exact) mass is 388 g/mol. The predicted molar refractivity (Wildman–Crippen MR) is 99.0 cm³/mol. The molecule has 2 amide bonds. The Morgan fingerprint density at radius 3 is 2.42 bits per heavy atom. The molecule has 2 heterocycles. The first-order valence-corrected chi connectivity index (χ1v) is 10.2. The number of aromatic nitrogens is 1. The Labute approximate surface area is 158 Å². The van der Waals surface area contributed by atoms with E-state index in [2.05, 4.69) is 11.9 Å². The highest BCUT2D eigenvalue weighted by Gasteiger charge is 2.33. The number of carbonyl (C=O) groups is 3. The number of pyridine rings is 1. The SMILES string of the molecule is C[C@H](SSc1ccccn1)c1ccc(C(=O)ON2C(=O)CCC2=O)cc1. The number of hydrogen-bond acceptors (Lipinski definition) is 7. The molecule has 0 radical (unpaired) electrons. The lowest BCUT2D eigenvalue weighted by Crippen LogP contribution is -2.32. The molecule has 3 rings (SSSR count). The first-order chi connectivity index (χ1) is 12.5. The molecule has 26 heavy (non-hydrogen) atoms. The molecule has 1 atom stereocenters. The van der Waals surface area contributed by atoms with Crippen molar-refractivity contribution < 1.29 is 19.2 Å². The largest absolute Gasteiger partial charge is 0.363 e. The third-order valence-corrected chi connectivity index (χ3v) is 6.45. The number of hydrogen-bond donors (Lipinski definition) is 0. The van der Waals surface area contributed by atoms with Crippen LogP contribution in [-0.2, 0) is 14.4 Å². The van der Waals surface area contributed by atoms with Crippen molar-refractivity contribution in [3.05, 3.63) is 59.8 Å². The van der Waals surface area contributed by atoms with Gasteiger partial charge in [-0.1, -0.05) is 29.0 Å². The molecular formula is C18H16N2O4S2. The van der Waals surface area contributed by atoms with Crippen LogP contribution >= 0.6 is 21.6 Å². The average Bonchev–Trinajstić information content (AvgIpc) is 2.99. The van der Waals surface area contributed by atoms with E-state index >= 15 is 0 Å². The van der Waals surface area contributed by atoms with Crippen molar-refractivity contribution in [2.24, 2.45) is 0 Å². The van der Waals surface area contributed by atoms with E-state index in [4.69, 9.17) is 4.84 Å². The summed E-state index contributed by atoms with van der Waals surface area (Å²) in [6.45, 7) is 2.06. The first-order valence-electron chi connectivity index (χ1n) is 7.97. The molecule has 1 aromatic heterocycles. The maximum absolute atomic E-state index is 12.1. The normalized spacial score (nSPS) is 15.2. The quantitative estimate of drug-likeness (QED) is 0.550. The summed E-state index contributed by atoms with van der Waals surface area (Å²) in [6, 6.07) is 12.7. The fraction of sp³-hybridized carbons (Fsp3) is 0.222. The van der Waals surface area contributed by atoms with Crippen molar-refractivity contribution in [1.29, 1.82) is 0 Å². The zero-order valence-electron chi connectivity index (χ0n) is 14.0. The third-order valence-electron chi connectivity index (χ3n) is 3.71. The standard InChI is InChI=1S/C18H16N2O4S2/c1-12(25-26-15-4-2-3-11-19-15)13-5-7-14(8-6-13)18(23)24-20-16(21)9-10-17(20)22/h2-8,11-12H,9-10H2,1H3/t12-/m0/s1. The van der Waals surface area contributed by atoms with Crippen LogP contribution in [-0.4, -0.2) is 27.8 Å². The highest BCUT2D eigenvalue weighted by Crippen LogP contribution is 2.41. The second-order valence-corrected chi connectivity index (χ2v) is 8.13. The summed E-state index contributed by atoms with van der Waals surface area (Å²) in [6.07, 6.45) is 1.91. The van der Waals surface area contributed by atoms with Crippen LogP contribution in [0, 0.1) is 0 Å². The minimum absolute atomic E-state index is 0.0771. The molecule has 0 N–H and O–H groups in total. The Hall–Kier alpha value is -2.32. The second-order valence-electron chi connectivity index (χ2n) is 5.57. The van der Waals surface area contributed by atoms with Crippen LogP contribution in [0.3, 0.4) is 0 Å². The van der Waals surface area contributed by atoms with Crippen LogP contribution in [0.1, 0.15) is 40.9 Å². The van der Waals surface area contributed by atoms with Crippen molar-refractivity contribution in [3.63, 3.8) is 0 Å². The molecule has 1 fully saturated rings. The molecule has 0 aliphatic carbocycles. The summed E-state index contributed by atoms with van der Waals surface area (Å²) in [5, 5.41) is 1.68. The number of amides is 2. The van der Waals surface area contributed by atoms with Crippen molar-refractivity contribution in [1.82, 2.24) is 10.0 Å². The van der Waals surface area contributed by atoms with Crippen molar-refractivity contribution in [3.8, 4) is 0 Å². The van der Waals surface area contributed by atoms with Crippen molar-refractivity contribution >= 4 is 39.4 Å². The molecule has 1 saturated heterocycles. The number of nitrogens with zero attached hydrogens (tertiary/aromatic N) is 2. The Bertz CT molecular complexity index is 796. The van der Waals surface area contributed by atoms with Gasteiger partial charge in [0.1, 0.15) is 5.03 Å². The maximum atomic E-state index is 12.1. The van der Waals surface area contributed by atoms with E-state index in [0.29, 0.717) is 5.06 Å². The van der Waals surface area contributed by atoms with Crippen LogP contribution in [0.25, 0.3) is 0 Å². The molecule has 1 aliphatic rings. The van der Waals surface area contributed by atoms with Crippen LogP contribution in [0.5, 0.6) is 0 Å². The van der Waals surface area contributed by atoms with Gasteiger partial charge in [-0.25, -0.2) is 9.78 Å². The number of benzene rings is 1. The molecule has 8 heteroatoms. The van der Waals surface area contributed by atoms with Gasteiger partial charge >= 0.3 is 5.97 Å². The zero-order valence-corrected chi connectivity index (χ0v) is 15.6. The molecule has 1 aliphatic heterocycles. The molecule has 0 spiro atoms. The Morgan fingerprint density at radius 1 is 1.12 bits per heavy atom. The highest BCUT2D eigenvalue weighted by atomic mass is 33.1. The minimum atomic E-state index is -0.719. The first kappa shape index (κ1) is 18.5. The van der Waals surface area contributed by atoms with Gasteiger partial charge < -0.3 is 4.84 Å². The van der Waals surface area contributed by atoms with Crippen LogP contribution in [0.15, 0.2) is 53.7 Å². The molecule has 134 valence electrons. The summed E-state index contributed by atoms with van der Waals surface area (Å²) in [5.41, 5.74) is 1.33. The third kappa shape index (κ3) is 4.44. The van der Waals surface area contributed by atoms with E-state index in [1.54, 1.807) is 39.9 Å². The number of imide groups is 1. The summed E-state index contributed by atoms with van der Waals surface area (Å²) < 4.78 is 0. The van der Waals surface area contributed by atoms with Crippen molar-refractivity contribution in [2.45, 2.75) is 30.0 Å². The van der Waals surface area contributed by atoms with Crippen LogP contribution < -0.4 is 0 Å². The molecule has 0 saturated carbocycles. The minimum Gasteiger partial charge on any atom is -0.325 e.